The third kappa shape index (κ3) is 1.12. The molecule has 2 rings (SSSR count). The van der Waals surface area contributed by atoms with Gasteiger partial charge in [0.25, 0.3) is 0 Å². The molecule has 2 heterocycles. The molecule has 0 N–H and O–H groups in total. The number of nitriles is 1. The molecule has 1 aromatic rings. The van der Waals surface area contributed by atoms with Gasteiger partial charge in [-0.15, -0.1) is 0 Å². The third-order valence-electron chi connectivity index (χ3n) is 1.89. The van der Waals surface area contributed by atoms with Crippen molar-refractivity contribution in [3.63, 3.8) is 0 Å². The van der Waals surface area contributed by atoms with Gasteiger partial charge >= 0.3 is 0 Å². The van der Waals surface area contributed by atoms with Crippen molar-refractivity contribution < 1.29 is 4.74 Å². The fourth-order valence-corrected chi connectivity index (χ4v) is 1.31. The number of pyridine rings is 1. The maximum absolute atomic E-state index is 8.45. The van der Waals surface area contributed by atoms with E-state index in [9.17, 15) is 0 Å². The molecule has 0 aromatic carbocycles. The first-order chi connectivity index (χ1) is 5.90. The highest BCUT2D eigenvalue weighted by Gasteiger charge is 2.12. The molecule has 0 bridgehead atoms. The van der Waals surface area contributed by atoms with Gasteiger partial charge in [-0.3, -0.25) is 4.98 Å². The molecule has 0 saturated heterocycles. The van der Waals surface area contributed by atoms with Gasteiger partial charge in [-0.1, -0.05) is 0 Å². The predicted octanol–water partition coefficient (Wildman–Crippen LogP) is 1.08. The summed E-state index contributed by atoms with van der Waals surface area (Å²) in [5.41, 5.74) is 2.01. The summed E-state index contributed by atoms with van der Waals surface area (Å²) in [4.78, 5) is 4.09. The van der Waals surface area contributed by atoms with Gasteiger partial charge in [0, 0.05) is 12.0 Å². The Labute approximate surface area is 70.6 Å². The zero-order valence-corrected chi connectivity index (χ0v) is 6.58. The van der Waals surface area contributed by atoms with Crippen LogP contribution in [-0.2, 0) is 12.8 Å². The second-order valence-corrected chi connectivity index (χ2v) is 2.72. The van der Waals surface area contributed by atoms with Crippen LogP contribution in [0.3, 0.4) is 0 Å². The lowest BCUT2D eigenvalue weighted by Crippen LogP contribution is -1.89. The highest BCUT2D eigenvalue weighted by Crippen LogP contribution is 2.24. The van der Waals surface area contributed by atoms with Crippen LogP contribution in [0.4, 0.5) is 0 Å². The van der Waals surface area contributed by atoms with Crippen molar-refractivity contribution in [3.05, 3.63) is 23.5 Å². The molecule has 12 heavy (non-hydrogen) atoms. The van der Waals surface area contributed by atoms with Crippen molar-refractivity contribution in [2.24, 2.45) is 0 Å². The molecule has 0 saturated carbocycles. The minimum atomic E-state index is 0.382. The Hall–Kier alpha value is -1.56. The second kappa shape index (κ2) is 2.82. The van der Waals surface area contributed by atoms with Crippen LogP contribution in [0.15, 0.2) is 12.3 Å². The zero-order chi connectivity index (χ0) is 8.39. The lowest BCUT2D eigenvalue weighted by Gasteiger charge is -1.98. The molecule has 0 unspecified atom stereocenters. The predicted molar refractivity (Wildman–Crippen MR) is 42.8 cm³/mol. The van der Waals surface area contributed by atoms with E-state index in [4.69, 9.17) is 10.00 Å². The van der Waals surface area contributed by atoms with Gasteiger partial charge in [-0.25, -0.2) is 0 Å². The summed E-state index contributed by atoms with van der Waals surface area (Å²) in [6.45, 7) is 0.743. The lowest BCUT2D eigenvalue weighted by atomic mass is 10.1. The first kappa shape index (κ1) is 7.11. The van der Waals surface area contributed by atoms with Gasteiger partial charge in [0.1, 0.15) is 5.75 Å². The highest BCUT2D eigenvalue weighted by molar-refractivity contribution is 5.35. The first-order valence-corrected chi connectivity index (χ1v) is 3.87. The Balaban J connectivity index is 2.34. The normalized spacial score (nSPS) is 13.2. The molecule has 0 fully saturated rings. The number of hydrogen-bond donors (Lipinski definition) is 0. The van der Waals surface area contributed by atoms with Crippen LogP contribution in [0.5, 0.6) is 5.75 Å². The van der Waals surface area contributed by atoms with E-state index in [1.54, 1.807) is 6.20 Å². The summed E-state index contributed by atoms with van der Waals surface area (Å²) in [5, 5.41) is 8.45. The minimum absolute atomic E-state index is 0.382. The summed E-state index contributed by atoms with van der Waals surface area (Å²) >= 11 is 0. The maximum Gasteiger partial charge on any atom is 0.140 e. The topological polar surface area (TPSA) is 45.9 Å². The van der Waals surface area contributed by atoms with Crippen molar-refractivity contribution in [3.8, 4) is 11.8 Å². The number of rotatable bonds is 1. The molecule has 3 heteroatoms. The molecule has 1 aliphatic heterocycles. The van der Waals surface area contributed by atoms with Crippen molar-refractivity contribution in [1.29, 1.82) is 5.26 Å². The molecule has 60 valence electrons. The fourth-order valence-electron chi connectivity index (χ4n) is 1.31. The fraction of sp³-hybridized carbons (Fsp3) is 0.333. The van der Waals surface area contributed by atoms with Crippen LogP contribution in [-0.4, -0.2) is 11.6 Å². The molecule has 0 spiro atoms. The molecular weight excluding hydrogens is 152 g/mol. The van der Waals surface area contributed by atoms with E-state index in [0.29, 0.717) is 6.42 Å². The largest absolute Gasteiger partial charge is 0.491 e. The monoisotopic (exact) mass is 160 g/mol. The van der Waals surface area contributed by atoms with Crippen molar-refractivity contribution in [2.45, 2.75) is 12.8 Å². The smallest absolute Gasteiger partial charge is 0.140 e. The van der Waals surface area contributed by atoms with Crippen LogP contribution in [0.2, 0.25) is 0 Å². The Bertz CT molecular complexity index is 341. The summed E-state index contributed by atoms with van der Waals surface area (Å²) in [6.07, 6.45) is 3.03. The molecule has 1 aromatic heterocycles. The van der Waals surface area contributed by atoms with E-state index >= 15 is 0 Å². The van der Waals surface area contributed by atoms with Crippen LogP contribution in [0.25, 0.3) is 0 Å². The summed E-state index contributed by atoms with van der Waals surface area (Å²) < 4.78 is 5.29. The SMILES string of the molecule is N#CCc1cc2c(cn1)OCC2. The number of nitrogens with zero attached hydrogens (tertiary/aromatic N) is 2. The van der Waals surface area contributed by atoms with E-state index in [2.05, 4.69) is 11.1 Å². The summed E-state index contributed by atoms with van der Waals surface area (Å²) in [7, 11) is 0. The minimum Gasteiger partial charge on any atom is -0.491 e. The quantitative estimate of drug-likeness (QED) is 0.617. The zero-order valence-electron chi connectivity index (χ0n) is 6.58. The van der Waals surface area contributed by atoms with E-state index in [0.717, 1.165) is 24.5 Å². The third-order valence-corrected chi connectivity index (χ3v) is 1.89. The molecule has 0 amide bonds. The summed E-state index contributed by atoms with van der Waals surface area (Å²) in [5.74, 6) is 0.872. The average molecular weight is 160 g/mol. The van der Waals surface area contributed by atoms with Gasteiger partial charge in [0.2, 0.25) is 0 Å². The maximum atomic E-state index is 8.45. The van der Waals surface area contributed by atoms with E-state index in [-0.39, 0.29) is 0 Å². The molecule has 0 aliphatic carbocycles. The van der Waals surface area contributed by atoms with Gasteiger partial charge in [0.15, 0.2) is 0 Å². The van der Waals surface area contributed by atoms with Gasteiger partial charge in [-0.05, 0) is 6.07 Å². The van der Waals surface area contributed by atoms with Crippen LogP contribution >= 0.6 is 0 Å². The van der Waals surface area contributed by atoms with Gasteiger partial charge in [-0.2, -0.15) is 5.26 Å². The average Bonchev–Trinajstić information content (AvgIpc) is 2.51. The number of aromatic nitrogens is 1. The Morgan fingerprint density at radius 1 is 1.67 bits per heavy atom. The molecule has 3 nitrogen and oxygen atoms in total. The van der Waals surface area contributed by atoms with Gasteiger partial charge in [0.05, 0.1) is 31.0 Å². The van der Waals surface area contributed by atoms with E-state index < -0.39 is 0 Å². The first-order valence-electron chi connectivity index (χ1n) is 3.87. The second-order valence-electron chi connectivity index (χ2n) is 2.72. The van der Waals surface area contributed by atoms with E-state index in [1.807, 2.05) is 6.07 Å². The Morgan fingerprint density at radius 2 is 2.58 bits per heavy atom. The van der Waals surface area contributed by atoms with Crippen LogP contribution in [0.1, 0.15) is 11.3 Å². The van der Waals surface area contributed by atoms with E-state index in [1.165, 1.54) is 5.56 Å². The van der Waals surface area contributed by atoms with Crippen LogP contribution < -0.4 is 4.74 Å². The standard InChI is InChI=1S/C9H8N2O/c10-3-1-8-5-7-2-4-12-9(7)6-11-8/h5-6H,1-2,4H2. The lowest BCUT2D eigenvalue weighted by molar-refractivity contribution is 0.355. The van der Waals surface area contributed by atoms with Crippen LogP contribution in [0, 0.1) is 11.3 Å². The molecule has 0 atom stereocenters. The number of ether oxygens (including phenoxy) is 1. The Morgan fingerprint density at radius 3 is 3.42 bits per heavy atom. The summed E-state index contributed by atoms with van der Waals surface area (Å²) in [6, 6.07) is 4.02. The number of fused-ring (bicyclic) bond motifs is 1. The van der Waals surface area contributed by atoms with Crippen molar-refractivity contribution >= 4 is 0 Å². The van der Waals surface area contributed by atoms with Gasteiger partial charge < -0.3 is 4.74 Å². The molecule has 0 radical (unpaired) electrons. The Kier molecular flexibility index (Phi) is 1.67. The highest BCUT2D eigenvalue weighted by atomic mass is 16.5. The van der Waals surface area contributed by atoms with Crippen molar-refractivity contribution in [1.82, 2.24) is 4.98 Å². The molecule has 1 aliphatic rings. The molecular formula is C9H8N2O. The van der Waals surface area contributed by atoms with Crippen molar-refractivity contribution in [2.75, 3.05) is 6.61 Å². The number of hydrogen-bond acceptors (Lipinski definition) is 3.